The van der Waals surface area contributed by atoms with Gasteiger partial charge < -0.3 is 10.2 Å². The van der Waals surface area contributed by atoms with Gasteiger partial charge in [0, 0.05) is 0 Å². The topological polar surface area (TPSA) is 74.6 Å². The summed E-state index contributed by atoms with van der Waals surface area (Å²) in [5, 5.41) is 17.9. The minimum absolute atomic E-state index is 0.273. The zero-order valence-electron chi connectivity index (χ0n) is 10.2. The molecule has 0 amide bonds. The zero-order chi connectivity index (χ0) is 12.6. The number of rotatable bonds is 9. The molecule has 0 spiro atoms. The Bertz CT molecular complexity index is 237. The molecule has 1 unspecified atom stereocenters. The summed E-state index contributed by atoms with van der Waals surface area (Å²) in [6, 6.07) is 0. The minimum Gasteiger partial charge on any atom is -0.481 e. The van der Waals surface area contributed by atoms with Crippen molar-refractivity contribution in [2.45, 2.75) is 58.8 Å². The Balaban J connectivity index is 4.39. The summed E-state index contributed by atoms with van der Waals surface area (Å²) in [6.45, 7) is 3.83. The van der Waals surface area contributed by atoms with Crippen LogP contribution in [-0.2, 0) is 9.59 Å². The molecule has 94 valence electrons. The lowest BCUT2D eigenvalue weighted by Crippen LogP contribution is -2.33. The van der Waals surface area contributed by atoms with Gasteiger partial charge in [0.1, 0.15) is 0 Å². The first-order chi connectivity index (χ1) is 7.48. The van der Waals surface area contributed by atoms with Crippen molar-refractivity contribution in [1.29, 1.82) is 0 Å². The van der Waals surface area contributed by atoms with Gasteiger partial charge in [-0.3, -0.25) is 9.59 Å². The van der Waals surface area contributed by atoms with Gasteiger partial charge in [-0.15, -0.1) is 0 Å². The SMILES string of the molecule is CCCCCCC(CC)(CC(=O)O)C(=O)O. The second-order valence-electron chi connectivity index (χ2n) is 4.32. The average Bonchev–Trinajstić information content (AvgIpc) is 2.21. The first-order valence-corrected chi connectivity index (χ1v) is 5.93. The van der Waals surface area contributed by atoms with Gasteiger partial charge in [-0.25, -0.2) is 0 Å². The molecule has 0 bridgehead atoms. The van der Waals surface area contributed by atoms with Gasteiger partial charge in [-0.05, 0) is 12.8 Å². The normalized spacial score (nSPS) is 14.4. The molecule has 4 heteroatoms. The van der Waals surface area contributed by atoms with E-state index >= 15 is 0 Å². The largest absolute Gasteiger partial charge is 0.481 e. The molecule has 0 rings (SSSR count). The number of carbonyl (C=O) groups is 2. The second-order valence-corrected chi connectivity index (χ2v) is 4.32. The van der Waals surface area contributed by atoms with Gasteiger partial charge in [0.15, 0.2) is 0 Å². The summed E-state index contributed by atoms with van der Waals surface area (Å²) < 4.78 is 0. The number of aliphatic carboxylic acids is 2. The zero-order valence-corrected chi connectivity index (χ0v) is 10.2. The molecule has 0 saturated heterocycles. The maximum absolute atomic E-state index is 11.2. The lowest BCUT2D eigenvalue weighted by molar-refractivity contribution is -0.156. The van der Waals surface area contributed by atoms with Crippen molar-refractivity contribution in [3.8, 4) is 0 Å². The van der Waals surface area contributed by atoms with Crippen LogP contribution >= 0.6 is 0 Å². The molecule has 0 aliphatic rings. The number of carboxylic acid groups (broad SMARTS) is 2. The number of carboxylic acids is 2. The molecular formula is C12H22O4. The minimum atomic E-state index is -1.07. The molecule has 0 aliphatic heterocycles. The van der Waals surface area contributed by atoms with E-state index in [0.717, 1.165) is 25.7 Å². The van der Waals surface area contributed by atoms with Crippen molar-refractivity contribution >= 4 is 11.9 Å². The van der Waals surface area contributed by atoms with Gasteiger partial charge in [0.2, 0.25) is 0 Å². The van der Waals surface area contributed by atoms with E-state index in [1.165, 1.54) is 0 Å². The third-order valence-corrected chi connectivity index (χ3v) is 3.13. The summed E-state index contributed by atoms with van der Waals surface area (Å²) in [7, 11) is 0. The Kier molecular flexibility index (Phi) is 6.77. The molecule has 0 aromatic heterocycles. The quantitative estimate of drug-likeness (QED) is 0.597. The summed E-state index contributed by atoms with van der Waals surface area (Å²) in [6.07, 6.45) is 4.50. The van der Waals surface area contributed by atoms with Gasteiger partial charge in [0.25, 0.3) is 0 Å². The predicted octanol–water partition coefficient (Wildman–Crippen LogP) is 2.91. The Morgan fingerprint density at radius 3 is 2.06 bits per heavy atom. The summed E-state index contributed by atoms with van der Waals surface area (Å²) >= 11 is 0. The maximum atomic E-state index is 11.2. The highest BCUT2D eigenvalue weighted by Gasteiger charge is 2.38. The van der Waals surface area contributed by atoms with Crippen molar-refractivity contribution in [2.24, 2.45) is 5.41 Å². The van der Waals surface area contributed by atoms with Crippen molar-refractivity contribution in [3.63, 3.8) is 0 Å². The van der Waals surface area contributed by atoms with E-state index < -0.39 is 17.4 Å². The van der Waals surface area contributed by atoms with Crippen LogP contribution in [0.25, 0.3) is 0 Å². The molecule has 2 N–H and O–H groups in total. The third kappa shape index (κ3) is 4.64. The molecule has 0 aromatic carbocycles. The Morgan fingerprint density at radius 2 is 1.69 bits per heavy atom. The Labute approximate surface area is 96.7 Å². The average molecular weight is 230 g/mol. The third-order valence-electron chi connectivity index (χ3n) is 3.13. The lowest BCUT2D eigenvalue weighted by Gasteiger charge is -2.26. The molecule has 0 radical (unpaired) electrons. The molecule has 0 fully saturated rings. The van der Waals surface area contributed by atoms with E-state index in [0.29, 0.717) is 12.8 Å². The Morgan fingerprint density at radius 1 is 1.06 bits per heavy atom. The van der Waals surface area contributed by atoms with E-state index in [4.69, 9.17) is 10.2 Å². The fourth-order valence-electron chi connectivity index (χ4n) is 1.90. The van der Waals surface area contributed by atoms with E-state index in [9.17, 15) is 9.59 Å². The lowest BCUT2D eigenvalue weighted by atomic mass is 9.77. The van der Waals surface area contributed by atoms with Crippen LogP contribution in [0.4, 0.5) is 0 Å². The first kappa shape index (κ1) is 14.9. The van der Waals surface area contributed by atoms with Crippen LogP contribution in [0.15, 0.2) is 0 Å². The fourth-order valence-corrected chi connectivity index (χ4v) is 1.90. The highest BCUT2D eigenvalue weighted by atomic mass is 16.4. The van der Waals surface area contributed by atoms with Gasteiger partial charge in [-0.2, -0.15) is 0 Å². The summed E-state index contributed by atoms with van der Waals surface area (Å²) in [4.78, 5) is 21.9. The van der Waals surface area contributed by atoms with Crippen LogP contribution < -0.4 is 0 Å². The van der Waals surface area contributed by atoms with Gasteiger partial charge >= 0.3 is 11.9 Å². The smallest absolute Gasteiger partial charge is 0.310 e. The number of hydrogen-bond acceptors (Lipinski definition) is 2. The summed E-state index contributed by atoms with van der Waals surface area (Å²) in [5.74, 6) is -2.01. The van der Waals surface area contributed by atoms with E-state index in [-0.39, 0.29) is 6.42 Å². The van der Waals surface area contributed by atoms with Crippen molar-refractivity contribution in [1.82, 2.24) is 0 Å². The highest BCUT2D eigenvalue weighted by Crippen LogP contribution is 2.33. The Hall–Kier alpha value is -1.06. The standard InChI is InChI=1S/C12H22O4/c1-3-5-6-7-8-12(4-2,11(15)16)9-10(13)14/h3-9H2,1-2H3,(H,13,14)(H,15,16). The monoisotopic (exact) mass is 230 g/mol. The van der Waals surface area contributed by atoms with Crippen molar-refractivity contribution < 1.29 is 19.8 Å². The van der Waals surface area contributed by atoms with Gasteiger partial charge in [0.05, 0.1) is 11.8 Å². The second kappa shape index (κ2) is 7.25. The number of unbranched alkanes of at least 4 members (excludes halogenated alkanes) is 3. The predicted molar refractivity (Wildman–Crippen MR) is 61.4 cm³/mol. The van der Waals surface area contributed by atoms with Crippen LogP contribution in [-0.4, -0.2) is 22.2 Å². The van der Waals surface area contributed by atoms with Crippen LogP contribution in [0.1, 0.15) is 58.8 Å². The van der Waals surface area contributed by atoms with Crippen LogP contribution in [0, 0.1) is 5.41 Å². The first-order valence-electron chi connectivity index (χ1n) is 5.93. The summed E-state index contributed by atoms with van der Waals surface area (Å²) in [5.41, 5.74) is -1.07. The van der Waals surface area contributed by atoms with Crippen molar-refractivity contribution in [3.05, 3.63) is 0 Å². The highest BCUT2D eigenvalue weighted by molar-refractivity contribution is 5.81. The molecule has 4 nitrogen and oxygen atoms in total. The molecule has 1 atom stereocenters. The molecule has 0 aromatic rings. The fraction of sp³-hybridized carbons (Fsp3) is 0.833. The van der Waals surface area contributed by atoms with E-state index in [2.05, 4.69) is 6.92 Å². The van der Waals surface area contributed by atoms with E-state index in [1.54, 1.807) is 6.92 Å². The molecular weight excluding hydrogens is 208 g/mol. The molecule has 0 saturated carbocycles. The van der Waals surface area contributed by atoms with Crippen LogP contribution in [0.5, 0.6) is 0 Å². The molecule has 0 aliphatic carbocycles. The van der Waals surface area contributed by atoms with Crippen LogP contribution in [0.2, 0.25) is 0 Å². The molecule has 0 heterocycles. The van der Waals surface area contributed by atoms with Crippen LogP contribution in [0.3, 0.4) is 0 Å². The number of hydrogen-bond donors (Lipinski definition) is 2. The van der Waals surface area contributed by atoms with E-state index in [1.807, 2.05) is 0 Å². The molecule has 16 heavy (non-hydrogen) atoms. The van der Waals surface area contributed by atoms with Crippen molar-refractivity contribution in [2.75, 3.05) is 0 Å². The van der Waals surface area contributed by atoms with Gasteiger partial charge in [-0.1, -0.05) is 39.5 Å². The maximum Gasteiger partial charge on any atom is 0.310 e.